The van der Waals surface area contributed by atoms with Crippen molar-refractivity contribution in [1.82, 2.24) is 20.2 Å². The summed E-state index contributed by atoms with van der Waals surface area (Å²) in [6.07, 6.45) is 1.79. The molecular weight excluding hydrogens is 462 g/mol. The molecule has 1 saturated carbocycles. The summed E-state index contributed by atoms with van der Waals surface area (Å²) < 4.78 is 0. The zero-order valence-electron chi connectivity index (χ0n) is 19.4. The van der Waals surface area contributed by atoms with Gasteiger partial charge in [0.05, 0.1) is 6.54 Å². The molecule has 3 amide bonds. The third-order valence-electron chi connectivity index (χ3n) is 5.92. The van der Waals surface area contributed by atoms with Crippen LogP contribution in [0, 0.1) is 13.8 Å². The van der Waals surface area contributed by atoms with E-state index in [9.17, 15) is 14.4 Å². The standard InChI is InChI=1S/C26H25N5O3S/c1-15-13-16(2)29-26(28-15)35-19-11-7-17(8-12-19)30-22(32)14-27-24(33)23-20-5-3-4-6-21(20)25(34)31(23)18-9-10-18/h3-8,11-13,18,23H,9-10,14H2,1-2H3,(H,27,33)(H,30,32). The first kappa shape index (κ1) is 23.0. The molecule has 5 rings (SSSR count). The van der Waals surface area contributed by atoms with Crippen LogP contribution in [0.5, 0.6) is 0 Å². The summed E-state index contributed by atoms with van der Waals surface area (Å²) in [7, 11) is 0. The molecule has 2 heterocycles. The molecule has 8 nitrogen and oxygen atoms in total. The van der Waals surface area contributed by atoms with Crippen LogP contribution in [0.15, 0.2) is 64.6 Å². The maximum atomic E-state index is 13.0. The fourth-order valence-electron chi connectivity index (χ4n) is 4.25. The maximum Gasteiger partial charge on any atom is 0.255 e. The number of carbonyl (C=O) groups excluding carboxylic acids is 3. The molecule has 1 aliphatic carbocycles. The van der Waals surface area contributed by atoms with Crippen molar-refractivity contribution in [2.75, 3.05) is 11.9 Å². The highest BCUT2D eigenvalue weighted by Gasteiger charge is 2.47. The normalized spacial score (nSPS) is 16.7. The first-order valence-corrected chi connectivity index (χ1v) is 12.3. The number of nitrogens with zero attached hydrogens (tertiary/aromatic N) is 3. The van der Waals surface area contributed by atoms with Gasteiger partial charge in [-0.1, -0.05) is 18.2 Å². The van der Waals surface area contributed by atoms with E-state index in [1.54, 1.807) is 29.2 Å². The maximum absolute atomic E-state index is 13.0. The van der Waals surface area contributed by atoms with Crippen molar-refractivity contribution in [2.45, 2.75) is 48.8 Å². The Morgan fingerprint density at radius 1 is 1.03 bits per heavy atom. The molecule has 1 fully saturated rings. The number of benzene rings is 2. The van der Waals surface area contributed by atoms with E-state index >= 15 is 0 Å². The molecule has 1 unspecified atom stereocenters. The van der Waals surface area contributed by atoms with Crippen LogP contribution in [-0.4, -0.2) is 45.2 Å². The Kier molecular flexibility index (Phi) is 6.25. The van der Waals surface area contributed by atoms with Gasteiger partial charge in [-0.25, -0.2) is 9.97 Å². The number of hydrogen-bond donors (Lipinski definition) is 2. The minimum Gasteiger partial charge on any atom is -0.345 e. The average molecular weight is 488 g/mol. The van der Waals surface area contributed by atoms with Crippen LogP contribution < -0.4 is 10.6 Å². The minimum atomic E-state index is -0.692. The van der Waals surface area contributed by atoms with Crippen molar-refractivity contribution in [1.29, 1.82) is 0 Å². The number of amides is 3. The van der Waals surface area contributed by atoms with Crippen LogP contribution >= 0.6 is 11.8 Å². The Labute approximate surface area is 207 Å². The summed E-state index contributed by atoms with van der Waals surface area (Å²) in [6, 6.07) is 15.9. The van der Waals surface area contributed by atoms with E-state index in [1.165, 1.54) is 11.8 Å². The Balaban J connectivity index is 1.18. The molecule has 2 aliphatic rings. The van der Waals surface area contributed by atoms with Gasteiger partial charge < -0.3 is 15.5 Å². The second-order valence-corrected chi connectivity index (χ2v) is 9.80. The van der Waals surface area contributed by atoms with Crippen molar-refractivity contribution in [3.05, 3.63) is 77.1 Å². The number of nitrogens with one attached hydrogen (secondary N) is 2. The van der Waals surface area contributed by atoms with Crippen LogP contribution in [0.1, 0.15) is 46.2 Å². The topological polar surface area (TPSA) is 104 Å². The molecule has 9 heteroatoms. The molecule has 1 aromatic heterocycles. The lowest BCUT2D eigenvalue weighted by Gasteiger charge is -2.24. The summed E-state index contributed by atoms with van der Waals surface area (Å²) in [5.41, 5.74) is 3.71. The molecule has 1 aliphatic heterocycles. The zero-order valence-corrected chi connectivity index (χ0v) is 20.3. The van der Waals surface area contributed by atoms with Crippen LogP contribution in [0.4, 0.5) is 5.69 Å². The van der Waals surface area contributed by atoms with E-state index < -0.39 is 6.04 Å². The molecule has 178 valence electrons. The molecular formula is C26H25N5O3S. The highest BCUT2D eigenvalue weighted by atomic mass is 32.2. The number of fused-ring (bicyclic) bond motifs is 1. The van der Waals surface area contributed by atoms with Crippen molar-refractivity contribution in [2.24, 2.45) is 0 Å². The quantitative estimate of drug-likeness (QED) is 0.493. The average Bonchev–Trinajstić information content (AvgIpc) is 3.62. The van der Waals surface area contributed by atoms with E-state index in [4.69, 9.17) is 0 Å². The first-order valence-electron chi connectivity index (χ1n) is 11.5. The van der Waals surface area contributed by atoms with E-state index in [2.05, 4.69) is 20.6 Å². The molecule has 0 saturated heterocycles. The summed E-state index contributed by atoms with van der Waals surface area (Å²) in [5.74, 6) is -0.797. The number of anilines is 1. The lowest BCUT2D eigenvalue weighted by molar-refractivity contribution is -0.127. The van der Waals surface area contributed by atoms with Gasteiger partial charge in [-0.3, -0.25) is 14.4 Å². The largest absolute Gasteiger partial charge is 0.345 e. The third-order valence-corrected chi connectivity index (χ3v) is 6.79. The van der Waals surface area contributed by atoms with Crippen molar-refractivity contribution >= 4 is 35.2 Å². The van der Waals surface area contributed by atoms with E-state index in [-0.39, 0.29) is 30.3 Å². The van der Waals surface area contributed by atoms with Crippen LogP contribution in [-0.2, 0) is 9.59 Å². The predicted octanol–water partition coefficient (Wildman–Crippen LogP) is 3.66. The lowest BCUT2D eigenvalue weighted by atomic mass is 10.0. The van der Waals surface area contributed by atoms with Gasteiger partial charge in [-0.2, -0.15) is 0 Å². The van der Waals surface area contributed by atoms with Gasteiger partial charge in [-0.05, 0) is 80.4 Å². The Hall–Kier alpha value is -3.72. The highest BCUT2D eigenvalue weighted by Crippen LogP contribution is 2.41. The second-order valence-electron chi connectivity index (χ2n) is 8.76. The third kappa shape index (κ3) is 5.05. The van der Waals surface area contributed by atoms with E-state index in [0.29, 0.717) is 22.0 Å². The van der Waals surface area contributed by atoms with Gasteiger partial charge in [-0.15, -0.1) is 0 Å². The zero-order chi connectivity index (χ0) is 24.5. The summed E-state index contributed by atoms with van der Waals surface area (Å²) in [4.78, 5) is 49.8. The van der Waals surface area contributed by atoms with Gasteiger partial charge in [0.15, 0.2) is 5.16 Å². The smallest absolute Gasteiger partial charge is 0.255 e. The molecule has 2 N–H and O–H groups in total. The molecule has 0 radical (unpaired) electrons. The number of hydrogen-bond acceptors (Lipinski definition) is 6. The number of carbonyl (C=O) groups is 3. The second kappa shape index (κ2) is 9.50. The summed E-state index contributed by atoms with van der Waals surface area (Å²) in [5, 5.41) is 6.18. The first-order chi connectivity index (χ1) is 16.9. The fraction of sp³-hybridized carbons (Fsp3) is 0.269. The van der Waals surface area contributed by atoms with Gasteiger partial charge >= 0.3 is 0 Å². The van der Waals surface area contributed by atoms with Gasteiger partial charge in [0.1, 0.15) is 6.04 Å². The van der Waals surface area contributed by atoms with Gasteiger partial charge in [0.2, 0.25) is 11.8 Å². The molecule has 1 atom stereocenters. The van der Waals surface area contributed by atoms with Gasteiger partial charge in [0.25, 0.3) is 5.91 Å². The Bertz CT molecular complexity index is 1290. The van der Waals surface area contributed by atoms with E-state index in [1.807, 2.05) is 44.2 Å². The fourth-order valence-corrected chi connectivity index (χ4v) is 5.12. The Morgan fingerprint density at radius 2 is 1.71 bits per heavy atom. The SMILES string of the molecule is Cc1cc(C)nc(Sc2ccc(NC(=O)CNC(=O)C3c4ccccc4C(=O)N3C3CC3)cc2)n1. The van der Waals surface area contributed by atoms with Crippen LogP contribution in [0.2, 0.25) is 0 Å². The number of rotatable bonds is 7. The van der Waals surface area contributed by atoms with Crippen LogP contribution in [0.3, 0.4) is 0 Å². The molecule has 3 aromatic rings. The monoisotopic (exact) mass is 487 g/mol. The predicted molar refractivity (Wildman–Crippen MR) is 132 cm³/mol. The molecule has 0 spiro atoms. The number of aromatic nitrogens is 2. The number of aryl methyl sites for hydroxylation is 2. The lowest BCUT2D eigenvalue weighted by Crippen LogP contribution is -2.42. The van der Waals surface area contributed by atoms with Crippen LogP contribution in [0.25, 0.3) is 0 Å². The Morgan fingerprint density at radius 3 is 2.40 bits per heavy atom. The summed E-state index contributed by atoms with van der Waals surface area (Å²) >= 11 is 1.45. The van der Waals surface area contributed by atoms with Crippen molar-refractivity contribution in [3.63, 3.8) is 0 Å². The van der Waals surface area contributed by atoms with E-state index in [0.717, 1.165) is 29.1 Å². The van der Waals surface area contributed by atoms with Crippen molar-refractivity contribution in [3.8, 4) is 0 Å². The highest BCUT2D eigenvalue weighted by molar-refractivity contribution is 7.99. The minimum absolute atomic E-state index is 0.0879. The summed E-state index contributed by atoms with van der Waals surface area (Å²) in [6.45, 7) is 3.68. The van der Waals surface area contributed by atoms with Crippen molar-refractivity contribution < 1.29 is 14.4 Å². The molecule has 0 bridgehead atoms. The van der Waals surface area contributed by atoms with Gasteiger partial charge in [0, 0.05) is 33.6 Å². The molecule has 35 heavy (non-hydrogen) atoms. The molecule has 2 aromatic carbocycles.